The van der Waals surface area contributed by atoms with Crippen molar-refractivity contribution in [2.24, 2.45) is 5.92 Å². The Bertz CT molecular complexity index is 832. The molecule has 2 atom stereocenters. The third-order valence-corrected chi connectivity index (χ3v) is 5.55. The summed E-state index contributed by atoms with van der Waals surface area (Å²) < 4.78 is 5.23. The topological polar surface area (TPSA) is 55.4 Å². The maximum Gasteiger partial charge on any atom is 0.304 e. The van der Waals surface area contributed by atoms with E-state index in [1.165, 1.54) is 24.3 Å². The van der Waals surface area contributed by atoms with Crippen LogP contribution in [0.3, 0.4) is 0 Å². The van der Waals surface area contributed by atoms with Crippen molar-refractivity contribution in [3.8, 4) is 11.8 Å². The SMILES string of the molecule is CC(=O)NC(OC(C)=O)[C@H](C)CCc1ccc(C#CCCCc2ccccc2)s1. The second kappa shape index (κ2) is 12.1. The van der Waals surface area contributed by atoms with Crippen molar-refractivity contribution in [3.63, 3.8) is 0 Å². The molecule has 1 aromatic carbocycles. The molecule has 0 aliphatic carbocycles. The third-order valence-electron chi connectivity index (χ3n) is 4.48. The monoisotopic (exact) mass is 411 g/mol. The number of amides is 1. The largest absolute Gasteiger partial charge is 0.442 e. The molecule has 0 bridgehead atoms. The lowest BCUT2D eigenvalue weighted by molar-refractivity contribution is -0.152. The zero-order chi connectivity index (χ0) is 21.1. The van der Waals surface area contributed by atoms with Crippen molar-refractivity contribution in [2.45, 2.75) is 59.1 Å². The van der Waals surface area contributed by atoms with Gasteiger partial charge in [0, 0.05) is 31.1 Å². The minimum Gasteiger partial charge on any atom is -0.442 e. The number of ether oxygens (including phenoxy) is 1. The van der Waals surface area contributed by atoms with Gasteiger partial charge in [-0.15, -0.1) is 11.3 Å². The van der Waals surface area contributed by atoms with Crippen LogP contribution in [0.4, 0.5) is 0 Å². The quantitative estimate of drug-likeness (QED) is 0.281. The minimum atomic E-state index is -0.589. The molecule has 0 fully saturated rings. The molecular formula is C24H29NO3S. The number of aryl methyl sites for hydroxylation is 2. The van der Waals surface area contributed by atoms with Gasteiger partial charge in [0.05, 0.1) is 4.88 Å². The van der Waals surface area contributed by atoms with E-state index in [1.54, 1.807) is 11.3 Å². The molecule has 1 aromatic heterocycles. The molecule has 5 heteroatoms. The maximum atomic E-state index is 11.3. The predicted molar refractivity (Wildman–Crippen MR) is 117 cm³/mol. The molecule has 0 aliphatic rings. The van der Waals surface area contributed by atoms with Crippen LogP contribution in [-0.2, 0) is 27.2 Å². The van der Waals surface area contributed by atoms with Gasteiger partial charge in [0.25, 0.3) is 0 Å². The Morgan fingerprint density at radius 3 is 2.55 bits per heavy atom. The number of benzene rings is 1. The summed E-state index contributed by atoms with van der Waals surface area (Å²) in [6.07, 6.45) is 4.09. The zero-order valence-electron chi connectivity index (χ0n) is 17.4. The summed E-state index contributed by atoms with van der Waals surface area (Å²) >= 11 is 1.70. The molecular weight excluding hydrogens is 382 g/mol. The molecule has 1 heterocycles. The number of nitrogens with one attached hydrogen (secondary N) is 1. The summed E-state index contributed by atoms with van der Waals surface area (Å²) in [5, 5.41) is 2.70. The number of carbonyl (C=O) groups excluding carboxylic acids is 2. The summed E-state index contributed by atoms with van der Waals surface area (Å²) in [5.41, 5.74) is 1.35. The molecule has 4 nitrogen and oxygen atoms in total. The van der Waals surface area contributed by atoms with E-state index in [-0.39, 0.29) is 11.8 Å². The standard InChI is InChI=1S/C24H29NO3S/c1-18(24(25-19(2)26)28-20(3)27)14-15-23-17-16-22(29-23)13-9-5-8-12-21-10-6-4-7-11-21/h4,6-7,10-11,16-18,24H,5,8,12,14-15H2,1-3H3,(H,25,26)/t18-,24?/m1/s1. The molecule has 2 aromatic rings. The molecule has 1 N–H and O–H groups in total. The lowest BCUT2D eigenvalue weighted by Crippen LogP contribution is -2.41. The Morgan fingerprint density at radius 2 is 1.86 bits per heavy atom. The highest BCUT2D eigenvalue weighted by molar-refractivity contribution is 7.12. The first kappa shape index (κ1) is 22.7. The molecule has 154 valence electrons. The van der Waals surface area contributed by atoms with Gasteiger partial charge in [-0.1, -0.05) is 49.1 Å². The van der Waals surface area contributed by atoms with Crippen molar-refractivity contribution in [2.75, 3.05) is 0 Å². The van der Waals surface area contributed by atoms with Gasteiger partial charge >= 0.3 is 5.97 Å². The Labute approximate surface area is 177 Å². The number of hydrogen-bond acceptors (Lipinski definition) is 4. The second-order valence-electron chi connectivity index (χ2n) is 7.15. The first-order valence-corrected chi connectivity index (χ1v) is 10.8. The first-order chi connectivity index (χ1) is 13.9. The Hall–Kier alpha value is -2.58. The van der Waals surface area contributed by atoms with Gasteiger partial charge in [-0.3, -0.25) is 9.59 Å². The van der Waals surface area contributed by atoms with Gasteiger partial charge in [-0.25, -0.2) is 0 Å². The average molecular weight is 412 g/mol. The second-order valence-corrected chi connectivity index (χ2v) is 8.32. The normalized spacial score (nSPS) is 12.4. The van der Waals surface area contributed by atoms with Crippen LogP contribution in [0.5, 0.6) is 0 Å². The highest BCUT2D eigenvalue weighted by Gasteiger charge is 2.21. The van der Waals surface area contributed by atoms with Crippen LogP contribution in [0, 0.1) is 17.8 Å². The fourth-order valence-electron chi connectivity index (χ4n) is 2.94. The summed E-state index contributed by atoms with van der Waals surface area (Å²) in [7, 11) is 0. The average Bonchev–Trinajstić information content (AvgIpc) is 3.13. The highest BCUT2D eigenvalue weighted by Crippen LogP contribution is 2.21. The lowest BCUT2D eigenvalue weighted by atomic mass is 10.0. The van der Waals surface area contributed by atoms with Gasteiger partial charge in [0.2, 0.25) is 5.91 Å². The van der Waals surface area contributed by atoms with Crippen LogP contribution < -0.4 is 5.32 Å². The van der Waals surface area contributed by atoms with Crippen molar-refractivity contribution >= 4 is 23.2 Å². The van der Waals surface area contributed by atoms with E-state index in [0.29, 0.717) is 0 Å². The molecule has 0 radical (unpaired) electrons. The van der Waals surface area contributed by atoms with Gasteiger partial charge in [0.15, 0.2) is 6.23 Å². The Kier molecular flexibility index (Phi) is 9.46. The van der Waals surface area contributed by atoms with Gasteiger partial charge < -0.3 is 10.1 Å². The maximum absolute atomic E-state index is 11.3. The van der Waals surface area contributed by atoms with E-state index in [0.717, 1.165) is 37.0 Å². The molecule has 2 rings (SSSR count). The van der Waals surface area contributed by atoms with E-state index in [2.05, 4.69) is 53.6 Å². The predicted octanol–water partition coefficient (Wildman–Crippen LogP) is 4.72. The van der Waals surface area contributed by atoms with Crippen LogP contribution in [0.15, 0.2) is 42.5 Å². The van der Waals surface area contributed by atoms with Crippen molar-refractivity contribution < 1.29 is 14.3 Å². The Balaban J connectivity index is 1.77. The van der Waals surface area contributed by atoms with E-state index in [1.807, 2.05) is 13.0 Å². The number of esters is 1. The molecule has 0 saturated carbocycles. The smallest absolute Gasteiger partial charge is 0.304 e. The van der Waals surface area contributed by atoms with Crippen LogP contribution in [0.2, 0.25) is 0 Å². The Morgan fingerprint density at radius 1 is 1.10 bits per heavy atom. The molecule has 0 saturated heterocycles. The summed E-state index contributed by atoms with van der Waals surface area (Å²) in [6, 6.07) is 14.6. The summed E-state index contributed by atoms with van der Waals surface area (Å²) in [4.78, 5) is 24.9. The number of rotatable bonds is 9. The van der Waals surface area contributed by atoms with E-state index in [9.17, 15) is 9.59 Å². The van der Waals surface area contributed by atoms with Crippen molar-refractivity contribution in [3.05, 3.63) is 57.8 Å². The lowest BCUT2D eigenvalue weighted by Gasteiger charge is -2.23. The van der Waals surface area contributed by atoms with Gasteiger partial charge in [-0.2, -0.15) is 0 Å². The van der Waals surface area contributed by atoms with Crippen LogP contribution in [0.25, 0.3) is 0 Å². The van der Waals surface area contributed by atoms with Crippen LogP contribution >= 0.6 is 11.3 Å². The summed E-state index contributed by atoms with van der Waals surface area (Å²) in [6.45, 7) is 4.75. The number of unbranched alkanes of at least 4 members (excludes halogenated alkanes) is 1. The number of carbonyl (C=O) groups is 2. The molecule has 1 unspecified atom stereocenters. The third kappa shape index (κ3) is 8.97. The molecule has 1 amide bonds. The fraction of sp³-hybridized carbons (Fsp3) is 0.417. The number of thiophene rings is 1. The first-order valence-electron chi connectivity index (χ1n) is 10.00. The summed E-state index contributed by atoms with van der Waals surface area (Å²) in [5.74, 6) is 5.95. The fourth-order valence-corrected chi connectivity index (χ4v) is 3.84. The van der Waals surface area contributed by atoms with E-state index < -0.39 is 12.2 Å². The highest BCUT2D eigenvalue weighted by atomic mass is 32.1. The van der Waals surface area contributed by atoms with E-state index >= 15 is 0 Å². The van der Waals surface area contributed by atoms with Gasteiger partial charge in [0.1, 0.15) is 0 Å². The zero-order valence-corrected chi connectivity index (χ0v) is 18.2. The van der Waals surface area contributed by atoms with Crippen LogP contribution in [-0.4, -0.2) is 18.1 Å². The molecule has 0 spiro atoms. The minimum absolute atomic E-state index is 0.0254. The van der Waals surface area contributed by atoms with Crippen LogP contribution in [0.1, 0.15) is 55.4 Å². The van der Waals surface area contributed by atoms with Crippen molar-refractivity contribution in [1.82, 2.24) is 5.32 Å². The van der Waals surface area contributed by atoms with Crippen molar-refractivity contribution in [1.29, 1.82) is 0 Å². The molecule has 0 aliphatic heterocycles. The van der Waals surface area contributed by atoms with Gasteiger partial charge in [-0.05, 0) is 43.4 Å². The molecule has 29 heavy (non-hydrogen) atoms. The van der Waals surface area contributed by atoms with E-state index in [4.69, 9.17) is 4.74 Å². The number of hydrogen-bond donors (Lipinski definition) is 1.